The van der Waals surface area contributed by atoms with Gasteiger partial charge in [-0.05, 0) is 45.8 Å². The molecular weight excluding hydrogens is 358 g/mol. The second-order valence-corrected chi connectivity index (χ2v) is 5.73. The van der Waals surface area contributed by atoms with E-state index in [9.17, 15) is 0 Å². The van der Waals surface area contributed by atoms with Crippen LogP contribution in [-0.2, 0) is 0 Å². The number of benzene rings is 2. The fraction of sp³-hybridized carbons (Fsp3) is 0. The van der Waals surface area contributed by atoms with Gasteiger partial charge in [-0.15, -0.1) is 5.10 Å². The molecule has 0 unspecified atom stereocenters. The summed E-state index contributed by atoms with van der Waals surface area (Å²) in [5, 5.41) is 11.3. The zero-order valence-corrected chi connectivity index (χ0v) is 13.4. The van der Waals surface area contributed by atoms with Crippen LogP contribution in [0.5, 0.6) is 11.6 Å². The lowest BCUT2D eigenvalue weighted by Crippen LogP contribution is -1.94. The number of aromatic nitrogens is 5. The van der Waals surface area contributed by atoms with Crippen molar-refractivity contribution in [2.75, 3.05) is 0 Å². The number of fused-ring (bicyclic) bond motifs is 1. The molecule has 4 aromatic rings. The summed E-state index contributed by atoms with van der Waals surface area (Å²) in [6, 6.07) is 15.9. The van der Waals surface area contributed by atoms with Gasteiger partial charge in [-0.3, -0.25) is 0 Å². The van der Waals surface area contributed by atoms with Crippen molar-refractivity contribution < 1.29 is 4.74 Å². The van der Waals surface area contributed by atoms with Gasteiger partial charge in [-0.1, -0.05) is 40.2 Å². The lowest BCUT2D eigenvalue weighted by molar-refractivity contribution is 0.464. The number of tetrazole rings is 1. The molecule has 0 aliphatic carbocycles. The average molecular weight is 368 g/mol. The van der Waals surface area contributed by atoms with Gasteiger partial charge in [0.25, 0.3) is 5.88 Å². The Kier molecular flexibility index (Phi) is 3.47. The van der Waals surface area contributed by atoms with Gasteiger partial charge >= 0.3 is 0 Å². The first kappa shape index (κ1) is 13.8. The Bertz CT molecular complexity index is 950. The number of ether oxygens (including phenoxy) is 1. The molecule has 2 heterocycles. The largest absolute Gasteiger partial charge is 0.436 e. The molecule has 2 aromatic heterocycles. The predicted octanol–water partition coefficient (Wildman–Crippen LogP) is 3.74. The molecule has 0 saturated heterocycles. The molecule has 0 aliphatic rings. The van der Waals surface area contributed by atoms with Crippen LogP contribution in [0.1, 0.15) is 0 Å². The third-order valence-corrected chi connectivity index (χ3v) is 3.86. The smallest absolute Gasteiger partial charge is 0.267 e. The maximum absolute atomic E-state index is 5.78. The first-order valence-electron chi connectivity index (χ1n) is 6.86. The van der Waals surface area contributed by atoms with Gasteiger partial charge in [-0.25, -0.2) is 4.98 Å². The minimum absolute atomic E-state index is 0.369. The van der Waals surface area contributed by atoms with Crippen LogP contribution in [0.2, 0.25) is 0 Å². The van der Waals surface area contributed by atoms with Crippen molar-refractivity contribution in [2.24, 2.45) is 0 Å². The molecule has 112 valence electrons. The molecule has 0 aliphatic heterocycles. The fourth-order valence-corrected chi connectivity index (χ4v) is 2.46. The van der Waals surface area contributed by atoms with Crippen LogP contribution in [0.4, 0.5) is 0 Å². The highest BCUT2D eigenvalue weighted by Gasteiger charge is 2.08. The Morgan fingerprint density at radius 1 is 0.913 bits per heavy atom. The number of rotatable bonds is 3. The minimum Gasteiger partial charge on any atom is -0.436 e. The summed E-state index contributed by atoms with van der Waals surface area (Å²) in [4.78, 5) is 4.17. The van der Waals surface area contributed by atoms with E-state index in [2.05, 4.69) is 48.6 Å². The molecular formula is C16H10BrN5O. The third kappa shape index (κ3) is 2.78. The summed E-state index contributed by atoms with van der Waals surface area (Å²) in [5.41, 5.74) is 2.73. The monoisotopic (exact) mass is 367 g/mol. The van der Waals surface area contributed by atoms with Crippen LogP contribution in [-0.4, -0.2) is 25.0 Å². The maximum Gasteiger partial charge on any atom is 0.267 e. The molecule has 2 aromatic carbocycles. The maximum atomic E-state index is 5.78. The molecule has 0 fully saturated rings. The standard InChI is InChI=1S/C16H10BrN5O/c17-13-5-1-11(2-6-13)12-3-7-14(8-4-12)23-16-15-19-20-21-22(15)10-9-18-16/h1-10H. The van der Waals surface area contributed by atoms with Gasteiger partial charge in [-0.2, -0.15) is 4.52 Å². The second kappa shape index (κ2) is 5.77. The van der Waals surface area contributed by atoms with E-state index in [1.54, 1.807) is 12.4 Å². The molecule has 7 heteroatoms. The summed E-state index contributed by atoms with van der Waals surface area (Å²) >= 11 is 3.44. The van der Waals surface area contributed by atoms with Crippen molar-refractivity contribution in [2.45, 2.75) is 0 Å². The van der Waals surface area contributed by atoms with E-state index < -0.39 is 0 Å². The first-order chi connectivity index (χ1) is 11.3. The summed E-state index contributed by atoms with van der Waals surface area (Å²) in [6.07, 6.45) is 3.26. The Morgan fingerprint density at radius 2 is 1.61 bits per heavy atom. The Hall–Kier alpha value is -2.80. The highest BCUT2D eigenvalue weighted by molar-refractivity contribution is 9.10. The van der Waals surface area contributed by atoms with Gasteiger partial charge in [0.2, 0.25) is 5.65 Å². The molecule has 0 N–H and O–H groups in total. The molecule has 0 spiro atoms. The Labute approximate surface area is 139 Å². The zero-order valence-electron chi connectivity index (χ0n) is 11.8. The van der Waals surface area contributed by atoms with E-state index in [0.717, 1.165) is 15.6 Å². The number of halogens is 1. The van der Waals surface area contributed by atoms with Crippen molar-refractivity contribution in [1.82, 2.24) is 25.0 Å². The van der Waals surface area contributed by atoms with E-state index >= 15 is 0 Å². The summed E-state index contributed by atoms with van der Waals surface area (Å²) in [5.74, 6) is 1.04. The lowest BCUT2D eigenvalue weighted by atomic mass is 10.1. The quantitative estimate of drug-likeness (QED) is 0.551. The number of hydrogen-bond acceptors (Lipinski definition) is 5. The summed E-state index contributed by atoms with van der Waals surface area (Å²) < 4.78 is 8.35. The van der Waals surface area contributed by atoms with Gasteiger partial charge in [0.15, 0.2) is 0 Å². The highest BCUT2D eigenvalue weighted by Crippen LogP contribution is 2.26. The SMILES string of the molecule is Brc1ccc(-c2ccc(Oc3nccn4nnnc34)cc2)cc1. The van der Waals surface area contributed by atoms with Crippen molar-refractivity contribution in [3.8, 4) is 22.8 Å². The van der Waals surface area contributed by atoms with E-state index in [1.165, 1.54) is 4.52 Å². The van der Waals surface area contributed by atoms with Gasteiger partial charge in [0.1, 0.15) is 5.75 Å². The van der Waals surface area contributed by atoms with Gasteiger partial charge < -0.3 is 4.74 Å². The fourth-order valence-electron chi connectivity index (χ4n) is 2.20. The van der Waals surface area contributed by atoms with Crippen molar-refractivity contribution in [3.05, 3.63) is 65.4 Å². The molecule has 0 atom stereocenters. The normalized spacial score (nSPS) is 10.8. The first-order valence-corrected chi connectivity index (χ1v) is 7.65. The van der Waals surface area contributed by atoms with Crippen LogP contribution < -0.4 is 4.74 Å². The Morgan fingerprint density at radius 3 is 2.35 bits per heavy atom. The van der Waals surface area contributed by atoms with Crippen molar-refractivity contribution >= 4 is 21.6 Å². The second-order valence-electron chi connectivity index (χ2n) is 4.81. The molecule has 0 radical (unpaired) electrons. The lowest BCUT2D eigenvalue weighted by Gasteiger charge is -2.06. The Balaban J connectivity index is 1.61. The van der Waals surface area contributed by atoms with Crippen molar-refractivity contribution in [1.29, 1.82) is 0 Å². The summed E-state index contributed by atoms with van der Waals surface area (Å²) in [6.45, 7) is 0. The molecule has 4 rings (SSSR count). The van der Waals surface area contributed by atoms with Crippen LogP contribution in [0.3, 0.4) is 0 Å². The molecule has 0 amide bonds. The van der Waals surface area contributed by atoms with Gasteiger partial charge in [0.05, 0.1) is 6.20 Å². The van der Waals surface area contributed by atoms with Gasteiger partial charge in [0, 0.05) is 10.7 Å². The van der Waals surface area contributed by atoms with Crippen LogP contribution in [0, 0.1) is 0 Å². The predicted molar refractivity (Wildman–Crippen MR) is 88.2 cm³/mol. The number of hydrogen-bond donors (Lipinski definition) is 0. The van der Waals surface area contributed by atoms with Crippen LogP contribution in [0.25, 0.3) is 16.8 Å². The highest BCUT2D eigenvalue weighted by atomic mass is 79.9. The van der Waals surface area contributed by atoms with E-state index in [4.69, 9.17) is 4.74 Å². The topological polar surface area (TPSA) is 65.2 Å². The average Bonchev–Trinajstić information content (AvgIpc) is 3.06. The molecule has 6 nitrogen and oxygen atoms in total. The molecule has 23 heavy (non-hydrogen) atoms. The zero-order chi connectivity index (χ0) is 15.6. The third-order valence-electron chi connectivity index (χ3n) is 3.33. The van der Waals surface area contributed by atoms with E-state index in [1.807, 2.05) is 36.4 Å². The van der Waals surface area contributed by atoms with Crippen LogP contribution >= 0.6 is 15.9 Å². The van der Waals surface area contributed by atoms with Crippen molar-refractivity contribution in [3.63, 3.8) is 0 Å². The minimum atomic E-state index is 0.369. The summed E-state index contributed by atoms with van der Waals surface area (Å²) in [7, 11) is 0. The molecule has 0 bridgehead atoms. The van der Waals surface area contributed by atoms with E-state index in [-0.39, 0.29) is 0 Å². The number of nitrogens with zero attached hydrogens (tertiary/aromatic N) is 5. The van der Waals surface area contributed by atoms with E-state index in [0.29, 0.717) is 17.3 Å². The molecule has 0 saturated carbocycles. The van der Waals surface area contributed by atoms with Crippen LogP contribution in [0.15, 0.2) is 65.4 Å².